The molecule has 0 bridgehead atoms. The Hall–Kier alpha value is -2.27. The summed E-state index contributed by atoms with van der Waals surface area (Å²) in [5.41, 5.74) is 7.30. The van der Waals surface area contributed by atoms with Crippen LogP contribution < -0.4 is 5.73 Å². The summed E-state index contributed by atoms with van der Waals surface area (Å²) in [6.45, 7) is 0. The van der Waals surface area contributed by atoms with Crippen molar-refractivity contribution in [2.24, 2.45) is 12.8 Å². The minimum absolute atomic E-state index is 0.323. The summed E-state index contributed by atoms with van der Waals surface area (Å²) in [5.74, 6) is 0.659. The third-order valence-electron chi connectivity index (χ3n) is 3.09. The number of aromatic nitrogens is 4. The minimum Gasteiger partial charge on any atom is -0.318 e. The molecule has 3 rings (SSSR count). The molecule has 0 aliphatic heterocycles. The summed E-state index contributed by atoms with van der Waals surface area (Å²) in [6.07, 6.45) is 0. The van der Waals surface area contributed by atoms with Gasteiger partial charge in [0.1, 0.15) is 0 Å². The highest BCUT2D eigenvalue weighted by atomic mass is 15.5. The second-order valence-electron chi connectivity index (χ2n) is 4.21. The number of nitrogens with zero attached hydrogens (tertiary/aromatic N) is 4. The van der Waals surface area contributed by atoms with Gasteiger partial charge in [0.2, 0.25) is 0 Å². The summed E-state index contributed by atoms with van der Waals surface area (Å²) in [6, 6.07) is 13.9. The first-order valence-electron chi connectivity index (χ1n) is 5.73. The lowest BCUT2D eigenvalue weighted by Crippen LogP contribution is -2.17. The minimum atomic E-state index is -0.323. The van der Waals surface area contributed by atoms with Crippen LogP contribution in [-0.4, -0.2) is 20.2 Å². The molecule has 0 saturated heterocycles. The number of benzene rings is 2. The van der Waals surface area contributed by atoms with Gasteiger partial charge in [-0.25, -0.2) is 4.68 Å². The maximum Gasteiger partial charge on any atom is 0.172 e. The van der Waals surface area contributed by atoms with Crippen molar-refractivity contribution in [3.63, 3.8) is 0 Å². The molecule has 0 radical (unpaired) electrons. The monoisotopic (exact) mass is 239 g/mol. The van der Waals surface area contributed by atoms with Crippen LogP contribution in [0.15, 0.2) is 42.5 Å². The summed E-state index contributed by atoms with van der Waals surface area (Å²) in [5, 5.41) is 13.7. The SMILES string of the molecule is Cn1nnnc1C(N)c1cccc2ccccc12. The molecule has 0 saturated carbocycles. The quantitative estimate of drug-likeness (QED) is 0.734. The first kappa shape index (κ1) is 10.9. The molecule has 1 unspecified atom stereocenters. The van der Waals surface area contributed by atoms with Crippen molar-refractivity contribution in [3.05, 3.63) is 53.9 Å². The van der Waals surface area contributed by atoms with Gasteiger partial charge in [-0.1, -0.05) is 42.5 Å². The molecule has 3 aromatic rings. The van der Waals surface area contributed by atoms with Crippen molar-refractivity contribution in [3.8, 4) is 0 Å². The van der Waals surface area contributed by atoms with E-state index in [1.807, 2.05) is 24.3 Å². The van der Waals surface area contributed by atoms with E-state index in [9.17, 15) is 0 Å². The van der Waals surface area contributed by atoms with Crippen molar-refractivity contribution in [1.82, 2.24) is 20.2 Å². The van der Waals surface area contributed by atoms with E-state index >= 15 is 0 Å². The van der Waals surface area contributed by atoms with E-state index in [1.165, 1.54) is 5.39 Å². The smallest absolute Gasteiger partial charge is 0.172 e. The zero-order valence-electron chi connectivity index (χ0n) is 9.99. The van der Waals surface area contributed by atoms with Gasteiger partial charge in [0.05, 0.1) is 6.04 Å². The van der Waals surface area contributed by atoms with Gasteiger partial charge in [-0.2, -0.15) is 0 Å². The first-order chi connectivity index (χ1) is 8.77. The van der Waals surface area contributed by atoms with Crippen molar-refractivity contribution in [1.29, 1.82) is 0 Å². The molecule has 2 aromatic carbocycles. The fraction of sp³-hybridized carbons (Fsp3) is 0.154. The Balaban J connectivity index is 2.18. The zero-order valence-corrected chi connectivity index (χ0v) is 9.99. The maximum atomic E-state index is 6.26. The Labute approximate surface area is 104 Å². The molecule has 2 N–H and O–H groups in total. The van der Waals surface area contributed by atoms with Crippen LogP contribution in [0.1, 0.15) is 17.4 Å². The van der Waals surface area contributed by atoms with E-state index in [1.54, 1.807) is 11.7 Å². The fourth-order valence-corrected chi connectivity index (χ4v) is 2.16. The van der Waals surface area contributed by atoms with Crippen LogP contribution in [0.2, 0.25) is 0 Å². The molecular formula is C13H13N5. The number of fused-ring (bicyclic) bond motifs is 1. The average Bonchev–Trinajstić information content (AvgIpc) is 2.83. The molecule has 0 fully saturated rings. The van der Waals surface area contributed by atoms with E-state index in [-0.39, 0.29) is 6.04 Å². The maximum absolute atomic E-state index is 6.26. The standard InChI is InChI=1S/C13H13N5/c1-18-13(15-16-17-18)12(14)11-8-4-6-9-5-2-3-7-10(9)11/h2-8,12H,14H2,1H3. The Morgan fingerprint density at radius 1 is 1.11 bits per heavy atom. The second-order valence-corrected chi connectivity index (χ2v) is 4.21. The zero-order chi connectivity index (χ0) is 12.5. The molecule has 18 heavy (non-hydrogen) atoms. The van der Waals surface area contributed by atoms with E-state index in [0.29, 0.717) is 5.82 Å². The van der Waals surface area contributed by atoms with Crippen LogP contribution in [0.3, 0.4) is 0 Å². The molecule has 0 spiro atoms. The largest absolute Gasteiger partial charge is 0.318 e. The van der Waals surface area contributed by atoms with Crippen molar-refractivity contribution >= 4 is 10.8 Å². The Morgan fingerprint density at radius 2 is 1.89 bits per heavy atom. The second kappa shape index (κ2) is 4.19. The van der Waals surface area contributed by atoms with Gasteiger partial charge in [0.15, 0.2) is 5.82 Å². The van der Waals surface area contributed by atoms with Crippen LogP contribution in [0.4, 0.5) is 0 Å². The average molecular weight is 239 g/mol. The van der Waals surface area contributed by atoms with Crippen LogP contribution in [0.25, 0.3) is 10.8 Å². The van der Waals surface area contributed by atoms with Gasteiger partial charge in [0.25, 0.3) is 0 Å². The Morgan fingerprint density at radius 3 is 2.67 bits per heavy atom. The Bertz CT molecular complexity index is 683. The van der Waals surface area contributed by atoms with Gasteiger partial charge >= 0.3 is 0 Å². The number of hydrogen-bond donors (Lipinski definition) is 1. The number of rotatable bonds is 2. The van der Waals surface area contributed by atoms with Gasteiger partial charge in [-0.3, -0.25) is 0 Å². The van der Waals surface area contributed by atoms with Gasteiger partial charge in [0, 0.05) is 7.05 Å². The molecule has 5 nitrogen and oxygen atoms in total. The molecule has 0 amide bonds. The normalized spacial score (nSPS) is 12.8. The van der Waals surface area contributed by atoms with E-state index < -0.39 is 0 Å². The lowest BCUT2D eigenvalue weighted by Gasteiger charge is -2.13. The molecule has 1 atom stereocenters. The molecule has 0 aliphatic rings. The highest BCUT2D eigenvalue weighted by Gasteiger charge is 2.17. The molecule has 0 aliphatic carbocycles. The molecular weight excluding hydrogens is 226 g/mol. The molecule has 1 heterocycles. The van der Waals surface area contributed by atoms with Gasteiger partial charge in [-0.05, 0) is 26.8 Å². The first-order valence-corrected chi connectivity index (χ1v) is 5.73. The predicted octanol–water partition coefficient (Wildman–Crippen LogP) is 1.41. The van der Waals surface area contributed by atoms with Crippen molar-refractivity contribution in [2.45, 2.75) is 6.04 Å². The summed E-state index contributed by atoms with van der Waals surface area (Å²) >= 11 is 0. The van der Waals surface area contributed by atoms with Crippen LogP contribution in [-0.2, 0) is 7.05 Å². The number of aryl methyl sites for hydroxylation is 1. The third kappa shape index (κ3) is 1.65. The highest BCUT2D eigenvalue weighted by Crippen LogP contribution is 2.25. The van der Waals surface area contributed by atoms with E-state index in [2.05, 4.69) is 33.7 Å². The lowest BCUT2D eigenvalue weighted by molar-refractivity contribution is 0.650. The molecule has 1 aromatic heterocycles. The van der Waals surface area contributed by atoms with Gasteiger partial charge < -0.3 is 5.73 Å². The topological polar surface area (TPSA) is 69.6 Å². The highest BCUT2D eigenvalue weighted by molar-refractivity contribution is 5.86. The van der Waals surface area contributed by atoms with Crippen LogP contribution in [0, 0.1) is 0 Å². The molecule has 90 valence electrons. The number of hydrogen-bond acceptors (Lipinski definition) is 4. The summed E-state index contributed by atoms with van der Waals surface area (Å²) < 4.78 is 1.60. The Kier molecular flexibility index (Phi) is 2.53. The van der Waals surface area contributed by atoms with Crippen LogP contribution in [0.5, 0.6) is 0 Å². The number of nitrogens with two attached hydrogens (primary N) is 1. The molecule has 5 heteroatoms. The fourth-order valence-electron chi connectivity index (χ4n) is 2.16. The van der Waals surface area contributed by atoms with Gasteiger partial charge in [-0.15, -0.1) is 5.10 Å². The van der Waals surface area contributed by atoms with Crippen LogP contribution >= 0.6 is 0 Å². The van der Waals surface area contributed by atoms with E-state index in [4.69, 9.17) is 5.73 Å². The lowest BCUT2D eigenvalue weighted by atomic mass is 9.99. The number of tetrazole rings is 1. The predicted molar refractivity (Wildman–Crippen MR) is 68.8 cm³/mol. The third-order valence-corrected chi connectivity index (χ3v) is 3.09. The summed E-state index contributed by atoms with van der Waals surface area (Å²) in [7, 11) is 1.79. The summed E-state index contributed by atoms with van der Waals surface area (Å²) in [4.78, 5) is 0. The van der Waals surface area contributed by atoms with Crippen molar-refractivity contribution in [2.75, 3.05) is 0 Å². The van der Waals surface area contributed by atoms with E-state index in [0.717, 1.165) is 10.9 Å². The van der Waals surface area contributed by atoms with Crippen molar-refractivity contribution < 1.29 is 0 Å².